The van der Waals surface area contributed by atoms with E-state index in [1.165, 1.54) is 35.6 Å². The molecular weight excluding hydrogens is 340 g/mol. The van der Waals surface area contributed by atoms with E-state index < -0.39 is 11.9 Å². The quantitative estimate of drug-likeness (QED) is 0.763. The van der Waals surface area contributed by atoms with Crippen LogP contribution in [0.15, 0.2) is 23.0 Å². The number of rotatable bonds is 3. The Kier molecular flexibility index (Phi) is 4.70. The zero-order chi connectivity index (χ0) is 18.8. The zero-order valence-corrected chi connectivity index (χ0v) is 14.7. The minimum atomic E-state index is -0.640. The molecule has 0 spiro atoms. The second-order valence-electron chi connectivity index (χ2n) is 5.82. The maximum absolute atomic E-state index is 13.0. The number of aryl methyl sites for hydroxylation is 2. The fourth-order valence-corrected chi connectivity index (χ4v) is 2.94. The summed E-state index contributed by atoms with van der Waals surface area (Å²) in [7, 11) is 1.24. The number of nitrogens with zero attached hydrogens (tertiary/aromatic N) is 4. The Morgan fingerprint density at radius 3 is 2.42 bits per heavy atom. The molecular formula is C17H18N4O5. The van der Waals surface area contributed by atoms with Gasteiger partial charge in [-0.25, -0.2) is 14.8 Å². The third kappa shape index (κ3) is 2.92. The Balaban J connectivity index is 1.93. The number of hydrazine groups is 1. The number of esters is 1. The minimum Gasteiger partial charge on any atom is -0.465 e. The highest BCUT2D eigenvalue weighted by Gasteiger charge is 2.35. The van der Waals surface area contributed by atoms with Gasteiger partial charge < -0.3 is 9.26 Å². The largest absolute Gasteiger partial charge is 0.465 e. The van der Waals surface area contributed by atoms with Gasteiger partial charge in [0.15, 0.2) is 0 Å². The van der Waals surface area contributed by atoms with Gasteiger partial charge in [-0.3, -0.25) is 14.6 Å². The number of amides is 2. The van der Waals surface area contributed by atoms with E-state index in [0.717, 1.165) is 0 Å². The molecule has 2 aromatic heterocycles. The summed E-state index contributed by atoms with van der Waals surface area (Å²) in [5, 5.41) is 6.46. The Hall–Kier alpha value is -3.23. The van der Waals surface area contributed by atoms with Gasteiger partial charge in [-0.05, 0) is 26.3 Å². The number of ether oxygens (including phenoxy) is 1. The second-order valence-corrected chi connectivity index (χ2v) is 5.82. The fourth-order valence-electron chi connectivity index (χ4n) is 2.94. The van der Waals surface area contributed by atoms with Crippen molar-refractivity contribution in [2.24, 2.45) is 0 Å². The van der Waals surface area contributed by atoms with Gasteiger partial charge in [-0.15, -0.1) is 0 Å². The van der Waals surface area contributed by atoms with Gasteiger partial charge in [0.25, 0.3) is 11.8 Å². The third-order valence-corrected chi connectivity index (χ3v) is 4.20. The summed E-state index contributed by atoms with van der Waals surface area (Å²) in [6.45, 7) is 4.04. The van der Waals surface area contributed by atoms with E-state index in [1.54, 1.807) is 13.8 Å². The van der Waals surface area contributed by atoms with E-state index in [2.05, 4.69) is 10.1 Å². The molecule has 1 aliphatic rings. The Morgan fingerprint density at radius 1 is 1.12 bits per heavy atom. The molecule has 0 aromatic carbocycles. The van der Waals surface area contributed by atoms with Crippen LogP contribution in [0.25, 0.3) is 0 Å². The number of methoxy groups -OCH3 is 1. The molecule has 0 atom stereocenters. The molecule has 2 amide bonds. The maximum Gasteiger partial charge on any atom is 0.338 e. The van der Waals surface area contributed by atoms with Crippen molar-refractivity contribution >= 4 is 17.8 Å². The first kappa shape index (κ1) is 17.6. The second kappa shape index (κ2) is 6.95. The Labute approximate surface area is 149 Å². The molecule has 26 heavy (non-hydrogen) atoms. The molecule has 3 heterocycles. The average molecular weight is 358 g/mol. The smallest absolute Gasteiger partial charge is 0.338 e. The predicted octanol–water partition coefficient (Wildman–Crippen LogP) is 1.38. The van der Waals surface area contributed by atoms with Crippen LogP contribution in [-0.4, -0.2) is 58.1 Å². The van der Waals surface area contributed by atoms with Crippen LogP contribution >= 0.6 is 0 Å². The van der Waals surface area contributed by atoms with Gasteiger partial charge in [0.2, 0.25) is 0 Å². The molecule has 2 aromatic rings. The molecule has 1 fully saturated rings. The van der Waals surface area contributed by atoms with Crippen molar-refractivity contribution in [1.82, 2.24) is 20.2 Å². The van der Waals surface area contributed by atoms with E-state index >= 15 is 0 Å². The van der Waals surface area contributed by atoms with Crippen LogP contribution < -0.4 is 0 Å². The topological polar surface area (TPSA) is 106 Å². The predicted molar refractivity (Wildman–Crippen MR) is 88.2 cm³/mol. The molecule has 0 saturated carbocycles. The lowest BCUT2D eigenvalue weighted by Gasteiger charge is -2.28. The molecule has 1 aliphatic heterocycles. The van der Waals surface area contributed by atoms with Crippen LogP contribution in [0.2, 0.25) is 0 Å². The molecule has 0 aliphatic carbocycles. The molecule has 0 bridgehead atoms. The molecule has 0 N–H and O–H groups in total. The van der Waals surface area contributed by atoms with Crippen molar-refractivity contribution in [1.29, 1.82) is 0 Å². The summed E-state index contributed by atoms with van der Waals surface area (Å²) >= 11 is 0. The molecule has 0 radical (unpaired) electrons. The van der Waals surface area contributed by atoms with E-state index in [0.29, 0.717) is 36.5 Å². The number of pyridine rings is 1. The maximum atomic E-state index is 13.0. The molecule has 0 unspecified atom stereocenters. The van der Waals surface area contributed by atoms with Gasteiger partial charge in [-0.2, -0.15) is 0 Å². The highest BCUT2D eigenvalue weighted by Crippen LogP contribution is 2.22. The number of hydrogen-bond donors (Lipinski definition) is 0. The minimum absolute atomic E-state index is 0.0813. The van der Waals surface area contributed by atoms with Crippen LogP contribution in [-0.2, 0) is 4.74 Å². The SMILES string of the molecule is COC(=O)c1ccncc1C(=O)N1CCCN1C(=O)c1c(C)noc1C. The molecule has 136 valence electrons. The summed E-state index contributed by atoms with van der Waals surface area (Å²) in [5.41, 5.74) is 0.981. The van der Waals surface area contributed by atoms with E-state index in [4.69, 9.17) is 9.26 Å². The Morgan fingerprint density at radius 2 is 1.81 bits per heavy atom. The summed E-state index contributed by atoms with van der Waals surface area (Å²) in [6.07, 6.45) is 3.32. The zero-order valence-electron chi connectivity index (χ0n) is 14.7. The number of aromatic nitrogens is 2. The highest BCUT2D eigenvalue weighted by atomic mass is 16.5. The van der Waals surface area contributed by atoms with Crippen LogP contribution in [0.5, 0.6) is 0 Å². The van der Waals surface area contributed by atoms with Crippen LogP contribution in [0, 0.1) is 13.8 Å². The fraction of sp³-hybridized carbons (Fsp3) is 0.353. The molecule has 3 rings (SSSR count). The molecule has 9 nitrogen and oxygen atoms in total. The lowest BCUT2D eigenvalue weighted by molar-refractivity contribution is 0.0182. The number of carbonyl (C=O) groups is 3. The van der Waals surface area contributed by atoms with E-state index in [9.17, 15) is 14.4 Å². The van der Waals surface area contributed by atoms with Crippen molar-refractivity contribution in [3.63, 3.8) is 0 Å². The van der Waals surface area contributed by atoms with Crippen molar-refractivity contribution < 1.29 is 23.6 Å². The van der Waals surface area contributed by atoms with Gasteiger partial charge in [0.05, 0.1) is 23.9 Å². The lowest BCUT2D eigenvalue weighted by Crippen LogP contribution is -2.45. The first-order chi connectivity index (χ1) is 12.5. The van der Waals surface area contributed by atoms with Gasteiger partial charge >= 0.3 is 5.97 Å². The Bertz CT molecular complexity index is 856. The summed E-state index contributed by atoms with van der Waals surface area (Å²) in [4.78, 5) is 41.7. The summed E-state index contributed by atoms with van der Waals surface area (Å²) < 4.78 is 9.77. The lowest BCUT2D eigenvalue weighted by atomic mass is 10.1. The number of hydrogen-bond acceptors (Lipinski definition) is 7. The van der Waals surface area contributed by atoms with Crippen LogP contribution in [0.3, 0.4) is 0 Å². The van der Waals surface area contributed by atoms with Crippen LogP contribution in [0.1, 0.15) is 48.9 Å². The first-order valence-corrected chi connectivity index (χ1v) is 8.04. The molecule has 9 heteroatoms. The van der Waals surface area contributed by atoms with Crippen LogP contribution in [0.4, 0.5) is 0 Å². The van der Waals surface area contributed by atoms with Gasteiger partial charge in [-0.1, -0.05) is 5.16 Å². The highest BCUT2D eigenvalue weighted by molar-refractivity contribution is 6.06. The third-order valence-electron chi connectivity index (χ3n) is 4.20. The van der Waals surface area contributed by atoms with Gasteiger partial charge in [0, 0.05) is 25.5 Å². The standard InChI is InChI=1S/C17H18N4O5/c1-10-14(11(2)26-19-10)16(23)21-8-4-7-20(21)15(22)13-9-18-6-5-12(13)17(24)25-3/h5-6,9H,4,7-8H2,1-3H3. The first-order valence-electron chi connectivity index (χ1n) is 8.04. The average Bonchev–Trinajstić information content (AvgIpc) is 3.27. The van der Waals surface area contributed by atoms with Crippen molar-refractivity contribution in [3.05, 3.63) is 46.6 Å². The van der Waals surface area contributed by atoms with E-state index in [-0.39, 0.29) is 17.0 Å². The van der Waals surface area contributed by atoms with Crippen molar-refractivity contribution in [2.75, 3.05) is 20.2 Å². The van der Waals surface area contributed by atoms with Gasteiger partial charge in [0.1, 0.15) is 11.3 Å². The molecule has 1 saturated heterocycles. The van der Waals surface area contributed by atoms with E-state index in [1.807, 2.05) is 0 Å². The summed E-state index contributed by atoms with van der Waals surface area (Å²) in [6, 6.07) is 1.41. The number of carbonyl (C=O) groups excluding carboxylic acids is 3. The van der Waals surface area contributed by atoms with Crippen molar-refractivity contribution in [3.8, 4) is 0 Å². The van der Waals surface area contributed by atoms with Crippen molar-refractivity contribution in [2.45, 2.75) is 20.3 Å². The summed E-state index contributed by atoms with van der Waals surface area (Å²) in [5.74, 6) is -1.10. The normalized spacial score (nSPS) is 13.8. The monoisotopic (exact) mass is 358 g/mol.